The molecule has 1 heterocycles. The number of hydrazine groups is 1. The van der Waals surface area contributed by atoms with Gasteiger partial charge in [0.1, 0.15) is 0 Å². The fraction of sp³-hybridized carbons (Fsp3) is 0.556. The van der Waals surface area contributed by atoms with Gasteiger partial charge in [0.2, 0.25) is 0 Å². The first-order valence-electron chi connectivity index (χ1n) is 4.28. The van der Waals surface area contributed by atoms with Crippen LogP contribution in [0.3, 0.4) is 0 Å². The Hall–Kier alpha value is -0.0300. The number of rotatable bonds is 5. The summed E-state index contributed by atoms with van der Waals surface area (Å²) < 4.78 is 0. The molecule has 0 saturated heterocycles. The van der Waals surface area contributed by atoms with Crippen molar-refractivity contribution in [3.63, 3.8) is 0 Å². The summed E-state index contributed by atoms with van der Waals surface area (Å²) in [5, 5.41) is 2.18. The Balaban J connectivity index is 2.56. The van der Waals surface area contributed by atoms with Crippen LogP contribution in [-0.2, 0) is 0 Å². The molecule has 0 aliphatic rings. The first-order chi connectivity index (χ1) is 6.27. The molecule has 0 radical (unpaired) electrons. The van der Waals surface area contributed by atoms with Gasteiger partial charge in [-0.3, -0.25) is 11.3 Å². The maximum absolute atomic E-state index is 5.50. The van der Waals surface area contributed by atoms with E-state index in [1.165, 1.54) is 10.4 Å². The summed E-state index contributed by atoms with van der Waals surface area (Å²) in [7, 11) is 0. The van der Waals surface area contributed by atoms with Gasteiger partial charge in [0.05, 0.1) is 0 Å². The van der Waals surface area contributed by atoms with Gasteiger partial charge < -0.3 is 0 Å². The molecule has 4 heteroatoms. The third-order valence-electron chi connectivity index (χ3n) is 1.97. The fourth-order valence-electron chi connectivity index (χ4n) is 1.23. The standard InChI is InChI=1S/C9H16N2S2/c1-7-5-8(6-13-7)9(11-10)3-4-12-2/h5-6,9,11H,3-4,10H2,1-2H3. The van der Waals surface area contributed by atoms with Crippen molar-refractivity contribution in [3.05, 3.63) is 21.9 Å². The van der Waals surface area contributed by atoms with E-state index in [1.54, 1.807) is 11.3 Å². The van der Waals surface area contributed by atoms with Gasteiger partial charge in [0.15, 0.2) is 0 Å². The van der Waals surface area contributed by atoms with Crippen LogP contribution in [0.15, 0.2) is 11.4 Å². The molecule has 0 saturated carbocycles. The number of thioether (sulfide) groups is 1. The van der Waals surface area contributed by atoms with E-state index < -0.39 is 0 Å². The molecule has 2 nitrogen and oxygen atoms in total. The van der Waals surface area contributed by atoms with E-state index in [0.717, 1.165) is 12.2 Å². The molecule has 0 aliphatic heterocycles. The van der Waals surface area contributed by atoms with Crippen LogP contribution in [0.2, 0.25) is 0 Å². The van der Waals surface area contributed by atoms with Gasteiger partial charge in [-0.25, -0.2) is 0 Å². The molecule has 1 unspecified atom stereocenters. The average Bonchev–Trinajstić information content (AvgIpc) is 2.54. The zero-order chi connectivity index (χ0) is 9.68. The van der Waals surface area contributed by atoms with E-state index in [0.29, 0.717) is 6.04 Å². The van der Waals surface area contributed by atoms with Gasteiger partial charge in [-0.05, 0) is 42.4 Å². The zero-order valence-corrected chi connectivity index (χ0v) is 9.67. The third-order valence-corrected chi connectivity index (χ3v) is 3.49. The van der Waals surface area contributed by atoms with Gasteiger partial charge in [-0.1, -0.05) is 0 Å². The van der Waals surface area contributed by atoms with Crippen molar-refractivity contribution in [1.29, 1.82) is 0 Å². The Morgan fingerprint density at radius 3 is 2.92 bits per heavy atom. The lowest BCUT2D eigenvalue weighted by molar-refractivity contribution is 0.544. The Bertz CT molecular complexity index is 248. The van der Waals surface area contributed by atoms with Gasteiger partial charge in [-0.2, -0.15) is 11.8 Å². The summed E-state index contributed by atoms with van der Waals surface area (Å²) in [6.07, 6.45) is 3.21. The molecule has 3 N–H and O–H groups in total. The molecule has 0 aliphatic carbocycles. The minimum Gasteiger partial charge on any atom is -0.271 e. The molecule has 0 spiro atoms. The summed E-state index contributed by atoms with van der Waals surface area (Å²) in [6.45, 7) is 2.12. The lowest BCUT2D eigenvalue weighted by Crippen LogP contribution is -2.28. The highest BCUT2D eigenvalue weighted by molar-refractivity contribution is 7.98. The Morgan fingerprint density at radius 2 is 2.46 bits per heavy atom. The lowest BCUT2D eigenvalue weighted by Gasteiger charge is -2.13. The van der Waals surface area contributed by atoms with Gasteiger partial charge in [0.25, 0.3) is 0 Å². The summed E-state index contributed by atoms with van der Waals surface area (Å²) >= 11 is 3.63. The largest absolute Gasteiger partial charge is 0.271 e. The molecule has 1 aromatic rings. The van der Waals surface area contributed by atoms with Crippen molar-refractivity contribution in [2.45, 2.75) is 19.4 Å². The van der Waals surface area contributed by atoms with Gasteiger partial charge in [0, 0.05) is 10.9 Å². The first kappa shape index (κ1) is 11.0. The van der Waals surface area contributed by atoms with E-state index in [2.05, 4.69) is 30.1 Å². The molecule has 0 fully saturated rings. The van der Waals surface area contributed by atoms with Crippen LogP contribution in [0.4, 0.5) is 0 Å². The van der Waals surface area contributed by atoms with Crippen molar-refractivity contribution in [1.82, 2.24) is 5.43 Å². The predicted molar refractivity (Wildman–Crippen MR) is 62.1 cm³/mol. The lowest BCUT2D eigenvalue weighted by atomic mass is 10.1. The second-order valence-electron chi connectivity index (χ2n) is 2.99. The molecule has 13 heavy (non-hydrogen) atoms. The molecule has 0 amide bonds. The van der Waals surface area contributed by atoms with Gasteiger partial charge >= 0.3 is 0 Å². The van der Waals surface area contributed by atoms with Crippen molar-refractivity contribution in [2.75, 3.05) is 12.0 Å². The number of nitrogens with one attached hydrogen (secondary N) is 1. The minimum absolute atomic E-state index is 0.317. The number of thiophene rings is 1. The summed E-state index contributed by atoms with van der Waals surface area (Å²) in [5.74, 6) is 6.64. The van der Waals surface area contributed by atoms with Crippen LogP contribution in [0.25, 0.3) is 0 Å². The quantitative estimate of drug-likeness (QED) is 0.586. The number of aryl methyl sites for hydroxylation is 1. The Morgan fingerprint density at radius 1 is 1.69 bits per heavy atom. The second-order valence-corrected chi connectivity index (χ2v) is 5.09. The fourth-order valence-corrected chi connectivity index (χ4v) is 2.46. The van der Waals surface area contributed by atoms with Crippen LogP contribution in [-0.4, -0.2) is 12.0 Å². The van der Waals surface area contributed by atoms with E-state index in [4.69, 9.17) is 5.84 Å². The minimum atomic E-state index is 0.317. The molecule has 1 aromatic heterocycles. The predicted octanol–water partition coefficient (Wildman–Crippen LogP) is 2.31. The SMILES string of the molecule is CSCCC(NN)c1csc(C)c1. The number of hydrogen-bond acceptors (Lipinski definition) is 4. The first-order valence-corrected chi connectivity index (χ1v) is 6.55. The highest BCUT2D eigenvalue weighted by Gasteiger charge is 2.09. The molecule has 1 atom stereocenters. The van der Waals surface area contributed by atoms with Crippen molar-refractivity contribution < 1.29 is 0 Å². The summed E-state index contributed by atoms with van der Waals surface area (Å²) in [6, 6.07) is 2.52. The summed E-state index contributed by atoms with van der Waals surface area (Å²) in [4.78, 5) is 1.35. The monoisotopic (exact) mass is 216 g/mol. The van der Waals surface area contributed by atoms with Crippen molar-refractivity contribution in [2.24, 2.45) is 5.84 Å². The number of nitrogens with two attached hydrogens (primary N) is 1. The molecular weight excluding hydrogens is 200 g/mol. The van der Waals surface area contributed by atoms with E-state index in [-0.39, 0.29) is 0 Å². The highest BCUT2D eigenvalue weighted by Crippen LogP contribution is 2.23. The maximum Gasteiger partial charge on any atom is 0.0476 e. The van der Waals surface area contributed by atoms with Crippen molar-refractivity contribution >= 4 is 23.1 Å². The molecule has 0 bridgehead atoms. The van der Waals surface area contributed by atoms with Crippen LogP contribution >= 0.6 is 23.1 Å². The van der Waals surface area contributed by atoms with Crippen LogP contribution in [0, 0.1) is 6.92 Å². The second kappa shape index (κ2) is 5.65. The molecule has 74 valence electrons. The Labute approximate surface area is 87.9 Å². The average molecular weight is 216 g/mol. The molecule has 1 rings (SSSR count). The van der Waals surface area contributed by atoms with Crippen LogP contribution < -0.4 is 11.3 Å². The van der Waals surface area contributed by atoms with E-state index >= 15 is 0 Å². The van der Waals surface area contributed by atoms with Crippen molar-refractivity contribution in [3.8, 4) is 0 Å². The smallest absolute Gasteiger partial charge is 0.0476 e. The molecular formula is C9H16N2S2. The Kier molecular flexibility index (Phi) is 4.80. The van der Waals surface area contributed by atoms with Crippen LogP contribution in [0.1, 0.15) is 22.9 Å². The summed E-state index contributed by atoms with van der Waals surface area (Å²) in [5.41, 5.74) is 4.18. The molecule has 0 aromatic carbocycles. The van der Waals surface area contributed by atoms with E-state index in [9.17, 15) is 0 Å². The number of hydrogen-bond donors (Lipinski definition) is 2. The maximum atomic E-state index is 5.50. The normalized spacial score (nSPS) is 13.2. The highest BCUT2D eigenvalue weighted by atomic mass is 32.2. The topological polar surface area (TPSA) is 38.0 Å². The van der Waals surface area contributed by atoms with Crippen LogP contribution in [0.5, 0.6) is 0 Å². The van der Waals surface area contributed by atoms with E-state index in [1.807, 2.05) is 11.8 Å². The zero-order valence-electron chi connectivity index (χ0n) is 8.04. The van der Waals surface area contributed by atoms with Gasteiger partial charge in [-0.15, -0.1) is 11.3 Å². The third kappa shape index (κ3) is 3.31.